The van der Waals surface area contributed by atoms with Crippen LogP contribution in [0.3, 0.4) is 0 Å². The second kappa shape index (κ2) is 3.56. The van der Waals surface area contributed by atoms with Crippen molar-refractivity contribution in [3.05, 3.63) is 21.9 Å². The van der Waals surface area contributed by atoms with Crippen LogP contribution in [0.15, 0.2) is 11.4 Å². The van der Waals surface area contributed by atoms with E-state index < -0.39 is 0 Å². The fraction of sp³-hybridized carbons (Fsp3) is 0.556. The number of nitrogens with one attached hydrogen (secondary N) is 1. The maximum absolute atomic E-state index is 5.62. The summed E-state index contributed by atoms with van der Waals surface area (Å²) in [7, 11) is 0. The lowest BCUT2D eigenvalue weighted by Crippen LogP contribution is -2.28. The Morgan fingerprint density at radius 3 is 3.50 bits per heavy atom. The van der Waals surface area contributed by atoms with Crippen LogP contribution in [-0.4, -0.2) is 13.2 Å². The third kappa shape index (κ3) is 1.40. The fourth-order valence-electron chi connectivity index (χ4n) is 1.54. The topological polar surface area (TPSA) is 21.3 Å². The first-order valence-corrected chi connectivity index (χ1v) is 5.18. The summed E-state index contributed by atoms with van der Waals surface area (Å²) in [5, 5.41) is 5.49. The second-order valence-electron chi connectivity index (χ2n) is 2.88. The quantitative estimate of drug-likeness (QED) is 0.756. The smallest absolute Gasteiger partial charge is 0.104 e. The fourth-order valence-corrected chi connectivity index (χ4v) is 2.52. The summed E-state index contributed by atoms with van der Waals surface area (Å²) in [4.78, 5) is 1.41. The van der Waals surface area contributed by atoms with Gasteiger partial charge in [-0.2, -0.15) is 0 Å². The highest BCUT2D eigenvalue weighted by Crippen LogP contribution is 2.29. The van der Waals surface area contributed by atoms with Gasteiger partial charge in [-0.25, -0.2) is 0 Å². The molecule has 0 aromatic carbocycles. The van der Waals surface area contributed by atoms with Gasteiger partial charge >= 0.3 is 0 Å². The Kier molecular flexibility index (Phi) is 2.44. The maximum atomic E-state index is 5.62. The van der Waals surface area contributed by atoms with Gasteiger partial charge in [0.25, 0.3) is 0 Å². The molecule has 1 N–H and O–H groups in total. The molecule has 1 atom stereocenters. The van der Waals surface area contributed by atoms with Gasteiger partial charge in [-0.3, -0.25) is 0 Å². The van der Waals surface area contributed by atoms with E-state index in [0.717, 1.165) is 19.7 Å². The largest absolute Gasteiger partial charge is 0.372 e. The molecule has 1 aliphatic heterocycles. The lowest BCUT2D eigenvalue weighted by Gasteiger charge is -2.22. The Labute approximate surface area is 76.6 Å². The van der Waals surface area contributed by atoms with E-state index in [-0.39, 0.29) is 0 Å². The predicted molar refractivity (Wildman–Crippen MR) is 50.4 cm³/mol. The van der Waals surface area contributed by atoms with Crippen molar-refractivity contribution in [1.29, 1.82) is 0 Å². The molecule has 2 heterocycles. The summed E-state index contributed by atoms with van der Waals surface area (Å²) in [6.07, 6.45) is 0.291. The van der Waals surface area contributed by atoms with Gasteiger partial charge in [0.2, 0.25) is 0 Å². The summed E-state index contributed by atoms with van der Waals surface area (Å²) in [6.45, 7) is 4.80. The van der Waals surface area contributed by atoms with Gasteiger partial charge in [0.15, 0.2) is 0 Å². The molecule has 12 heavy (non-hydrogen) atoms. The van der Waals surface area contributed by atoms with Gasteiger partial charge in [-0.1, -0.05) is 0 Å². The van der Waals surface area contributed by atoms with Crippen LogP contribution in [0.4, 0.5) is 0 Å². The number of hydrogen-bond donors (Lipinski definition) is 1. The molecular formula is C9H13NOS. The summed E-state index contributed by atoms with van der Waals surface area (Å²) >= 11 is 1.81. The zero-order valence-corrected chi connectivity index (χ0v) is 7.99. The summed E-state index contributed by atoms with van der Waals surface area (Å²) in [5.41, 5.74) is 1.41. The maximum Gasteiger partial charge on any atom is 0.104 e. The zero-order valence-electron chi connectivity index (χ0n) is 7.17. The lowest BCUT2D eigenvalue weighted by molar-refractivity contribution is 0.0596. The van der Waals surface area contributed by atoms with Crippen molar-refractivity contribution < 1.29 is 4.74 Å². The van der Waals surface area contributed by atoms with Crippen molar-refractivity contribution >= 4 is 11.3 Å². The van der Waals surface area contributed by atoms with E-state index in [2.05, 4.69) is 16.8 Å². The molecule has 0 amide bonds. The monoisotopic (exact) mass is 183 g/mol. The minimum atomic E-state index is 0.291. The van der Waals surface area contributed by atoms with E-state index in [4.69, 9.17) is 4.74 Å². The third-order valence-electron chi connectivity index (χ3n) is 2.09. The van der Waals surface area contributed by atoms with Crippen LogP contribution in [0.25, 0.3) is 0 Å². The van der Waals surface area contributed by atoms with Crippen molar-refractivity contribution in [2.75, 3.05) is 13.2 Å². The summed E-state index contributed by atoms with van der Waals surface area (Å²) in [6, 6.07) is 2.18. The molecule has 0 fully saturated rings. The molecule has 66 valence electrons. The number of fused-ring (bicyclic) bond motifs is 1. The lowest BCUT2D eigenvalue weighted by atomic mass is 10.1. The van der Waals surface area contributed by atoms with Crippen molar-refractivity contribution in [1.82, 2.24) is 5.32 Å². The van der Waals surface area contributed by atoms with Crippen LogP contribution in [0.1, 0.15) is 23.5 Å². The van der Waals surface area contributed by atoms with E-state index >= 15 is 0 Å². The van der Waals surface area contributed by atoms with Gasteiger partial charge in [-0.05, 0) is 23.9 Å². The van der Waals surface area contributed by atoms with Crippen LogP contribution in [0.2, 0.25) is 0 Å². The molecule has 1 unspecified atom stereocenters. The molecular weight excluding hydrogens is 170 g/mol. The van der Waals surface area contributed by atoms with Crippen molar-refractivity contribution in [3.63, 3.8) is 0 Å². The van der Waals surface area contributed by atoms with E-state index in [1.54, 1.807) is 0 Å². The Morgan fingerprint density at radius 2 is 2.67 bits per heavy atom. The van der Waals surface area contributed by atoms with Gasteiger partial charge in [0.1, 0.15) is 6.10 Å². The highest BCUT2D eigenvalue weighted by molar-refractivity contribution is 7.10. The molecule has 0 saturated heterocycles. The van der Waals surface area contributed by atoms with Crippen molar-refractivity contribution in [2.24, 2.45) is 0 Å². The number of thiophene rings is 1. The number of ether oxygens (including phenoxy) is 1. The Morgan fingerprint density at radius 1 is 1.75 bits per heavy atom. The molecule has 1 aromatic heterocycles. The molecule has 0 saturated carbocycles. The minimum absolute atomic E-state index is 0.291. The zero-order chi connectivity index (χ0) is 8.39. The third-order valence-corrected chi connectivity index (χ3v) is 3.14. The normalized spacial score (nSPS) is 22.2. The van der Waals surface area contributed by atoms with Crippen LogP contribution in [0.5, 0.6) is 0 Å². The Bertz CT molecular complexity index is 259. The highest BCUT2D eigenvalue weighted by Gasteiger charge is 2.20. The average Bonchev–Trinajstić information content (AvgIpc) is 2.53. The van der Waals surface area contributed by atoms with Crippen molar-refractivity contribution in [3.8, 4) is 0 Å². The van der Waals surface area contributed by atoms with Gasteiger partial charge < -0.3 is 10.1 Å². The van der Waals surface area contributed by atoms with Crippen molar-refractivity contribution in [2.45, 2.75) is 19.6 Å². The molecule has 3 heteroatoms. The minimum Gasteiger partial charge on any atom is -0.372 e. The molecule has 2 nitrogen and oxygen atoms in total. The first kappa shape index (κ1) is 8.23. The predicted octanol–water partition coefficient (Wildman–Crippen LogP) is 1.93. The van der Waals surface area contributed by atoms with E-state index in [1.807, 2.05) is 18.3 Å². The van der Waals surface area contributed by atoms with Gasteiger partial charge in [0.05, 0.1) is 0 Å². The van der Waals surface area contributed by atoms with Crippen LogP contribution >= 0.6 is 11.3 Å². The molecule has 0 aliphatic carbocycles. The molecule has 0 bridgehead atoms. The van der Waals surface area contributed by atoms with Crippen LogP contribution < -0.4 is 5.32 Å². The number of hydrogen-bond acceptors (Lipinski definition) is 3. The second-order valence-corrected chi connectivity index (χ2v) is 3.83. The van der Waals surface area contributed by atoms with E-state index in [9.17, 15) is 0 Å². The van der Waals surface area contributed by atoms with Crippen LogP contribution in [-0.2, 0) is 11.3 Å². The summed E-state index contributed by atoms with van der Waals surface area (Å²) in [5.74, 6) is 0. The highest BCUT2D eigenvalue weighted by atomic mass is 32.1. The van der Waals surface area contributed by atoms with Gasteiger partial charge in [-0.15, -0.1) is 11.3 Å². The first-order valence-electron chi connectivity index (χ1n) is 4.30. The van der Waals surface area contributed by atoms with E-state index in [0.29, 0.717) is 6.10 Å². The standard InChI is InChI=1S/C9H13NOS/c1-2-11-8-6-10-5-7-3-4-12-9(7)8/h3-4,8,10H,2,5-6H2,1H3. The van der Waals surface area contributed by atoms with Crippen LogP contribution in [0, 0.1) is 0 Å². The first-order chi connectivity index (χ1) is 5.92. The number of rotatable bonds is 2. The van der Waals surface area contributed by atoms with E-state index in [1.165, 1.54) is 10.4 Å². The summed E-state index contributed by atoms with van der Waals surface area (Å²) < 4.78 is 5.62. The average molecular weight is 183 g/mol. The molecule has 0 spiro atoms. The molecule has 2 rings (SSSR count). The molecule has 0 radical (unpaired) electrons. The Hall–Kier alpha value is -0.380. The SMILES string of the molecule is CCOC1CNCc2ccsc21. The molecule has 1 aliphatic rings. The van der Waals surface area contributed by atoms with Gasteiger partial charge in [0, 0.05) is 24.6 Å². The molecule has 1 aromatic rings. The Balaban J connectivity index is 2.19.